The Kier molecular flexibility index (Phi) is 4.55. The van der Waals surface area contributed by atoms with Crippen LogP contribution in [-0.4, -0.2) is 28.2 Å². The van der Waals surface area contributed by atoms with Gasteiger partial charge in [-0.3, -0.25) is 0 Å². The summed E-state index contributed by atoms with van der Waals surface area (Å²) in [5, 5.41) is 9.34. The predicted octanol–water partition coefficient (Wildman–Crippen LogP) is 1.63. The number of aliphatic hydroxyl groups is 1. The van der Waals surface area contributed by atoms with Crippen molar-refractivity contribution in [1.82, 2.24) is 4.72 Å². The normalized spacial score (nSPS) is 16.0. The maximum absolute atomic E-state index is 11.9. The van der Waals surface area contributed by atoms with E-state index in [1.807, 2.05) is 4.72 Å². The number of para-hydroxylation sites is 1. The van der Waals surface area contributed by atoms with Crippen molar-refractivity contribution >= 4 is 26.0 Å². The molecule has 1 heterocycles. The van der Waals surface area contributed by atoms with Gasteiger partial charge in [0, 0.05) is 12.0 Å². The highest BCUT2D eigenvalue weighted by molar-refractivity contribution is 7.91. The molecule has 0 saturated carbocycles. The van der Waals surface area contributed by atoms with Crippen LogP contribution in [0.1, 0.15) is 11.1 Å². The number of nitrogens with zero attached hydrogens (tertiary/aromatic N) is 1. The summed E-state index contributed by atoms with van der Waals surface area (Å²) in [5.74, 6) is -0.209. The van der Waals surface area contributed by atoms with E-state index in [2.05, 4.69) is 0 Å². The molecule has 138 valence electrons. The molecule has 0 aliphatic carbocycles. The molecule has 0 amide bonds. The Labute approximate surface area is 151 Å². The summed E-state index contributed by atoms with van der Waals surface area (Å²) >= 11 is 0. The summed E-state index contributed by atoms with van der Waals surface area (Å²) in [7, 11) is -7.47. The second-order valence-corrected chi connectivity index (χ2v) is 8.78. The van der Waals surface area contributed by atoms with Crippen LogP contribution in [0.2, 0.25) is 0 Å². The van der Waals surface area contributed by atoms with Crippen LogP contribution in [0.25, 0.3) is 0 Å². The van der Waals surface area contributed by atoms with Gasteiger partial charge in [-0.15, -0.1) is 0 Å². The first-order valence-electron chi connectivity index (χ1n) is 7.43. The van der Waals surface area contributed by atoms with Crippen molar-refractivity contribution in [1.29, 1.82) is 0 Å². The molecule has 26 heavy (non-hydrogen) atoms. The second kappa shape index (κ2) is 6.54. The van der Waals surface area contributed by atoms with E-state index >= 15 is 0 Å². The van der Waals surface area contributed by atoms with E-state index in [4.69, 9.17) is 4.18 Å². The van der Waals surface area contributed by atoms with Gasteiger partial charge in [0.05, 0.1) is 18.1 Å². The highest BCUT2D eigenvalue weighted by Gasteiger charge is 2.28. The van der Waals surface area contributed by atoms with Crippen LogP contribution in [-0.2, 0) is 26.7 Å². The molecule has 2 N–H and O–H groups in total. The molecule has 0 radical (unpaired) electrons. The van der Waals surface area contributed by atoms with Crippen LogP contribution < -0.4 is 13.2 Å². The van der Waals surface area contributed by atoms with E-state index in [0.717, 1.165) is 22.3 Å². The van der Waals surface area contributed by atoms with Crippen molar-refractivity contribution in [3.63, 3.8) is 0 Å². The van der Waals surface area contributed by atoms with E-state index in [-0.39, 0.29) is 5.75 Å². The van der Waals surface area contributed by atoms with Crippen molar-refractivity contribution in [3.8, 4) is 5.75 Å². The topological polar surface area (TPSA) is 113 Å². The fourth-order valence-corrected chi connectivity index (χ4v) is 4.02. The first-order valence-corrected chi connectivity index (χ1v) is 10.7. The van der Waals surface area contributed by atoms with Crippen LogP contribution in [0.4, 0.5) is 5.69 Å². The standard InChI is InChI=1S/C16H16N2O6S2/c1-25(20,21)24-15-5-3-2-4-13(15)10-12-6-8-14(9-7-12)18-11-16(19)17-26(18,22)23/h2-9,11,17,19H,10H2,1H3. The van der Waals surface area contributed by atoms with Crippen LogP contribution in [0.15, 0.2) is 60.6 Å². The molecule has 0 bridgehead atoms. The van der Waals surface area contributed by atoms with Crippen molar-refractivity contribution < 1.29 is 26.1 Å². The Morgan fingerprint density at radius 1 is 1.12 bits per heavy atom. The average molecular weight is 396 g/mol. The number of nitrogens with one attached hydrogen (secondary N) is 1. The number of anilines is 1. The third-order valence-electron chi connectivity index (χ3n) is 3.53. The Balaban J connectivity index is 1.83. The summed E-state index contributed by atoms with van der Waals surface area (Å²) < 4.78 is 54.3. The van der Waals surface area contributed by atoms with Gasteiger partial charge in [0.1, 0.15) is 5.75 Å². The first kappa shape index (κ1) is 18.1. The Bertz CT molecular complexity index is 1060. The summed E-state index contributed by atoms with van der Waals surface area (Å²) in [5.41, 5.74) is 1.86. The molecule has 1 aliphatic rings. The maximum atomic E-state index is 11.9. The average Bonchev–Trinajstić information content (AvgIpc) is 2.81. The highest BCUT2D eigenvalue weighted by atomic mass is 32.2. The molecule has 10 heteroatoms. The van der Waals surface area contributed by atoms with Crippen molar-refractivity contribution in [2.75, 3.05) is 10.6 Å². The third-order valence-corrected chi connectivity index (χ3v) is 5.31. The van der Waals surface area contributed by atoms with E-state index < -0.39 is 26.2 Å². The molecule has 2 aromatic carbocycles. The zero-order chi connectivity index (χ0) is 18.9. The Morgan fingerprint density at radius 2 is 1.77 bits per heavy atom. The van der Waals surface area contributed by atoms with Crippen molar-refractivity contribution in [2.45, 2.75) is 6.42 Å². The largest absolute Gasteiger partial charge is 0.493 e. The van der Waals surface area contributed by atoms with Gasteiger partial charge in [0.15, 0.2) is 0 Å². The lowest BCUT2D eigenvalue weighted by atomic mass is 10.0. The highest BCUT2D eigenvalue weighted by Crippen LogP contribution is 2.26. The molecule has 3 rings (SSSR count). The molecule has 0 saturated heterocycles. The van der Waals surface area contributed by atoms with Gasteiger partial charge in [-0.25, -0.2) is 9.03 Å². The summed E-state index contributed by atoms with van der Waals surface area (Å²) in [6, 6.07) is 13.4. The second-order valence-electron chi connectivity index (χ2n) is 5.66. The molecule has 1 aliphatic heterocycles. The lowest BCUT2D eigenvalue weighted by molar-refractivity contribution is 0.392. The Morgan fingerprint density at radius 3 is 2.35 bits per heavy atom. The number of hydrogen-bond donors (Lipinski definition) is 2. The lowest BCUT2D eigenvalue weighted by Crippen LogP contribution is -2.29. The smallest absolute Gasteiger partial charge is 0.330 e. The van der Waals surface area contributed by atoms with E-state index in [1.165, 1.54) is 0 Å². The zero-order valence-electron chi connectivity index (χ0n) is 13.7. The predicted molar refractivity (Wildman–Crippen MR) is 96.4 cm³/mol. The number of benzene rings is 2. The van der Waals surface area contributed by atoms with Gasteiger partial charge in [0.25, 0.3) is 0 Å². The van der Waals surface area contributed by atoms with Gasteiger partial charge in [-0.1, -0.05) is 30.3 Å². The Hall–Kier alpha value is -2.72. The molecule has 0 aromatic heterocycles. The summed E-state index contributed by atoms with van der Waals surface area (Å²) in [4.78, 5) is 0. The minimum atomic E-state index is -3.83. The molecule has 8 nitrogen and oxygen atoms in total. The van der Waals surface area contributed by atoms with Crippen LogP contribution in [0, 0.1) is 0 Å². The van der Waals surface area contributed by atoms with Crippen molar-refractivity contribution in [3.05, 3.63) is 71.7 Å². The van der Waals surface area contributed by atoms with Crippen LogP contribution >= 0.6 is 0 Å². The molecule has 0 fully saturated rings. The van der Waals surface area contributed by atoms with E-state index in [1.54, 1.807) is 48.5 Å². The SMILES string of the molecule is CS(=O)(=O)Oc1ccccc1Cc1ccc(N2C=C(O)NS2(=O)=O)cc1. The minimum absolute atomic E-state index is 0.248. The molecule has 0 spiro atoms. The maximum Gasteiger partial charge on any atom is 0.330 e. The molecule has 2 aromatic rings. The van der Waals surface area contributed by atoms with Gasteiger partial charge in [0.2, 0.25) is 5.88 Å². The first-order chi connectivity index (χ1) is 12.1. The van der Waals surface area contributed by atoms with E-state index in [0.29, 0.717) is 17.7 Å². The molecule has 0 unspecified atom stereocenters. The quantitative estimate of drug-likeness (QED) is 0.743. The summed E-state index contributed by atoms with van der Waals surface area (Å²) in [6.45, 7) is 0. The lowest BCUT2D eigenvalue weighted by Gasteiger charge is -2.14. The monoisotopic (exact) mass is 396 g/mol. The van der Waals surface area contributed by atoms with Gasteiger partial charge in [-0.05, 0) is 23.8 Å². The fraction of sp³-hybridized carbons (Fsp3) is 0.125. The van der Waals surface area contributed by atoms with Gasteiger partial charge < -0.3 is 9.29 Å². The van der Waals surface area contributed by atoms with Gasteiger partial charge in [-0.2, -0.15) is 16.8 Å². The number of rotatable bonds is 5. The van der Waals surface area contributed by atoms with Crippen LogP contribution in [0.3, 0.4) is 0 Å². The number of hydrogen-bond acceptors (Lipinski definition) is 6. The van der Waals surface area contributed by atoms with E-state index in [9.17, 15) is 21.9 Å². The zero-order valence-corrected chi connectivity index (χ0v) is 15.3. The van der Waals surface area contributed by atoms with Gasteiger partial charge >= 0.3 is 20.3 Å². The van der Waals surface area contributed by atoms with Crippen LogP contribution in [0.5, 0.6) is 5.75 Å². The van der Waals surface area contributed by atoms with Crippen molar-refractivity contribution in [2.24, 2.45) is 0 Å². The third kappa shape index (κ3) is 4.09. The molecular weight excluding hydrogens is 380 g/mol. The fourth-order valence-electron chi connectivity index (χ4n) is 2.48. The minimum Gasteiger partial charge on any atom is -0.493 e. The molecular formula is C16H16N2O6S2. The number of aliphatic hydroxyl groups excluding tert-OH is 1. The molecule has 0 atom stereocenters. The summed E-state index contributed by atoms with van der Waals surface area (Å²) in [6.07, 6.45) is 2.45.